The van der Waals surface area contributed by atoms with E-state index in [0.717, 1.165) is 29.0 Å². The van der Waals surface area contributed by atoms with E-state index in [1.165, 1.54) is 0 Å². The summed E-state index contributed by atoms with van der Waals surface area (Å²) in [7, 11) is 0. The van der Waals surface area contributed by atoms with Crippen LogP contribution in [0.4, 0.5) is 0 Å². The highest BCUT2D eigenvalue weighted by Gasteiger charge is 2.10. The van der Waals surface area contributed by atoms with Gasteiger partial charge in [-0.05, 0) is 30.6 Å². The van der Waals surface area contributed by atoms with Gasteiger partial charge in [-0.2, -0.15) is 11.8 Å². The summed E-state index contributed by atoms with van der Waals surface area (Å²) in [6.45, 7) is 0. The number of aromatic amines is 1. The fourth-order valence-electron chi connectivity index (χ4n) is 1.53. The van der Waals surface area contributed by atoms with Crippen molar-refractivity contribution in [3.05, 3.63) is 30.1 Å². The van der Waals surface area contributed by atoms with Gasteiger partial charge in [-0.25, -0.2) is 4.98 Å². The first kappa shape index (κ1) is 16.6. The Bertz CT molecular complexity index is 414. The number of halogens is 2. The molecule has 0 spiro atoms. The number of rotatable bonds is 4. The Morgan fingerprint density at radius 2 is 2.06 bits per heavy atom. The molecule has 0 aliphatic heterocycles. The molecule has 1 aromatic heterocycles. The van der Waals surface area contributed by atoms with Crippen molar-refractivity contribution in [1.82, 2.24) is 9.97 Å². The summed E-state index contributed by atoms with van der Waals surface area (Å²) in [5, 5.41) is 0. The molecule has 3 N–H and O–H groups in total. The molecule has 0 radical (unpaired) electrons. The number of hydrogen-bond donors (Lipinski definition) is 2. The molecule has 0 amide bonds. The number of benzene rings is 1. The van der Waals surface area contributed by atoms with Gasteiger partial charge in [-0.1, -0.05) is 12.1 Å². The summed E-state index contributed by atoms with van der Waals surface area (Å²) >= 11 is 1.81. The Hall–Kier alpha value is -0.420. The summed E-state index contributed by atoms with van der Waals surface area (Å²) in [5.41, 5.74) is 8.09. The minimum absolute atomic E-state index is 0. The molecule has 1 atom stereocenters. The fraction of sp³-hybridized carbons (Fsp3) is 0.364. The van der Waals surface area contributed by atoms with Crippen molar-refractivity contribution in [2.75, 3.05) is 12.0 Å². The number of nitrogens with one attached hydrogen (secondary N) is 1. The number of fused-ring (bicyclic) bond motifs is 1. The number of imidazole rings is 1. The quantitative estimate of drug-likeness (QED) is 0.910. The fourth-order valence-corrected chi connectivity index (χ4v) is 2.02. The third kappa shape index (κ3) is 4.07. The lowest BCUT2D eigenvalue weighted by Gasteiger charge is -2.06. The van der Waals surface area contributed by atoms with E-state index in [-0.39, 0.29) is 30.9 Å². The van der Waals surface area contributed by atoms with Crippen LogP contribution >= 0.6 is 36.6 Å². The van der Waals surface area contributed by atoms with Gasteiger partial charge in [0.15, 0.2) is 0 Å². The summed E-state index contributed by atoms with van der Waals surface area (Å²) < 4.78 is 0. The van der Waals surface area contributed by atoms with E-state index >= 15 is 0 Å². The van der Waals surface area contributed by atoms with Crippen molar-refractivity contribution in [3.8, 4) is 0 Å². The maximum absolute atomic E-state index is 6.04. The molecule has 0 aliphatic rings. The first-order valence-electron chi connectivity index (χ1n) is 5.00. The maximum Gasteiger partial charge on any atom is 0.124 e. The second-order valence-corrected chi connectivity index (χ2v) is 4.51. The zero-order valence-electron chi connectivity index (χ0n) is 9.55. The van der Waals surface area contributed by atoms with E-state index in [2.05, 4.69) is 16.2 Å². The van der Waals surface area contributed by atoms with Gasteiger partial charge in [0.25, 0.3) is 0 Å². The molecule has 1 heterocycles. The van der Waals surface area contributed by atoms with E-state index in [9.17, 15) is 0 Å². The zero-order valence-corrected chi connectivity index (χ0v) is 12.0. The lowest BCUT2D eigenvalue weighted by atomic mass is 10.2. The average Bonchev–Trinajstić information content (AvgIpc) is 2.69. The van der Waals surface area contributed by atoms with E-state index in [1.54, 1.807) is 0 Å². The first-order chi connectivity index (χ1) is 7.31. The smallest absolute Gasteiger partial charge is 0.124 e. The molecular weight excluding hydrogens is 277 g/mol. The molecule has 6 heteroatoms. The van der Waals surface area contributed by atoms with Crippen LogP contribution in [0, 0.1) is 0 Å². The van der Waals surface area contributed by atoms with Gasteiger partial charge >= 0.3 is 0 Å². The molecule has 1 unspecified atom stereocenters. The molecule has 2 aromatic rings. The summed E-state index contributed by atoms with van der Waals surface area (Å²) in [6, 6.07) is 8.02. The molecule has 1 aromatic carbocycles. The monoisotopic (exact) mass is 293 g/mol. The Morgan fingerprint density at radius 1 is 1.35 bits per heavy atom. The number of para-hydroxylation sites is 2. The summed E-state index contributed by atoms with van der Waals surface area (Å²) in [5.74, 6) is 1.96. The van der Waals surface area contributed by atoms with Crippen LogP contribution < -0.4 is 5.73 Å². The number of thioether (sulfide) groups is 1. The molecule has 0 aliphatic carbocycles. The molecule has 3 nitrogen and oxygen atoms in total. The van der Waals surface area contributed by atoms with Crippen LogP contribution in [0.25, 0.3) is 11.0 Å². The van der Waals surface area contributed by atoms with Crippen LogP contribution in [0.15, 0.2) is 24.3 Å². The second kappa shape index (κ2) is 7.82. The van der Waals surface area contributed by atoms with Crippen LogP contribution in [-0.4, -0.2) is 22.0 Å². The third-order valence-corrected chi connectivity index (χ3v) is 3.04. The number of nitrogens with zero attached hydrogens (tertiary/aromatic N) is 1. The number of nitrogens with two attached hydrogens (primary N) is 1. The lowest BCUT2D eigenvalue weighted by Crippen LogP contribution is -2.12. The average molecular weight is 294 g/mol. The molecule has 0 bridgehead atoms. The second-order valence-electron chi connectivity index (χ2n) is 3.53. The number of hydrogen-bond acceptors (Lipinski definition) is 3. The largest absolute Gasteiger partial charge is 0.341 e. The van der Waals surface area contributed by atoms with Gasteiger partial charge in [-0.3, -0.25) is 0 Å². The summed E-state index contributed by atoms with van der Waals surface area (Å²) in [6.07, 6.45) is 3.05. The van der Waals surface area contributed by atoms with Crippen molar-refractivity contribution in [3.63, 3.8) is 0 Å². The van der Waals surface area contributed by atoms with E-state index < -0.39 is 0 Å². The van der Waals surface area contributed by atoms with Gasteiger partial charge in [0.1, 0.15) is 5.82 Å². The zero-order chi connectivity index (χ0) is 10.7. The van der Waals surface area contributed by atoms with Gasteiger partial charge in [0, 0.05) is 0 Å². The van der Waals surface area contributed by atoms with E-state index in [0.29, 0.717) is 0 Å². The molecule has 0 saturated heterocycles. The summed E-state index contributed by atoms with van der Waals surface area (Å²) in [4.78, 5) is 7.73. The van der Waals surface area contributed by atoms with E-state index in [1.807, 2.05) is 36.0 Å². The highest BCUT2D eigenvalue weighted by Crippen LogP contribution is 2.17. The molecule has 2 rings (SSSR count). The minimum atomic E-state index is 0. The third-order valence-electron chi connectivity index (χ3n) is 2.39. The first-order valence-corrected chi connectivity index (χ1v) is 6.40. The molecule has 0 saturated carbocycles. The van der Waals surface area contributed by atoms with Gasteiger partial charge in [0.05, 0.1) is 17.1 Å². The lowest BCUT2D eigenvalue weighted by molar-refractivity contribution is 0.666. The number of H-pyrrole nitrogens is 1. The Kier molecular flexibility index (Phi) is 7.63. The van der Waals surface area contributed by atoms with Crippen molar-refractivity contribution in [1.29, 1.82) is 0 Å². The number of aromatic nitrogens is 2. The molecular formula is C11H17Cl2N3S. The van der Waals surface area contributed by atoms with Gasteiger partial charge in [0.2, 0.25) is 0 Å². The van der Waals surface area contributed by atoms with Crippen molar-refractivity contribution in [2.24, 2.45) is 5.73 Å². The van der Waals surface area contributed by atoms with Crippen molar-refractivity contribution >= 4 is 47.6 Å². The highest BCUT2D eigenvalue weighted by atomic mass is 35.5. The SMILES string of the molecule is CSCCC(N)c1nc2ccccc2[nH]1.Cl.Cl. The van der Waals surface area contributed by atoms with Gasteiger partial charge < -0.3 is 10.7 Å². The topological polar surface area (TPSA) is 54.7 Å². The Labute approximate surface area is 118 Å². The standard InChI is InChI=1S/C11H15N3S.2ClH/c1-15-7-6-8(12)11-13-9-4-2-3-5-10(9)14-11;;/h2-5,8H,6-7,12H2,1H3,(H,13,14);2*1H. The normalized spacial score (nSPS) is 11.6. The highest BCUT2D eigenvalue weighted by molar-refractivity contribution is 7.98. The molecule has 96 valence electrons. The van der Waals surface area contributed by atoms with Crippen LogP contribution in [-0.2, 0) is 0 Å². The Balaban J connectivity index is 0.00000128. The van der Waals surface area contributed by atoms with Crippen LogP contribution in [0.3, 0.4) is 0 Å². The predicted octanol–water partition coefficient (Wildman–Crippen LogP) is 3.16. The molecule has 17 heavy (non-hydrogen) atoms. The van der Waals surface area contributed by atoms with Crippen molar-refractivity contribution in [2.45, 2.75) is 12.5 Å². The molecule has 0 fully saturated rings. The van der Waals surface area contributed by atoms with Crippen LogP contribution in [0.5, 0.6) is 0 Å². The minimum Gasteiger partial charge on any atom is -0.341 e. The maximum atomic E-state index is 6.04. The van der Waals surface area contributed by atoms with Gasteiger partial charge in [-0.15, -0.1) is 24.8 Å². The van der Waals surface area contributed by atoms with E-state index in [4.69, 9.17) is 5.73 Å². The Morgan fingerprint density at radius 3 is 2.71 bits per heavy atom. The van der Waals surface area contributed by atoms with Crippen molar-refractivity contribution < 1.29 is 0 Å². The predicted molar refractivity (Wildman–Crippen MR) is 80.5 cm³/mol. The van der Waals surface area contributed by atoms with Crippen LogP contribution in [0.2, 0.25) is 0 Å². The van der Waals surface area contributed by atoms with Crippen LogP contribution in [0.1, 0.15) is 18.3 Å².